The molecule has 1 atom stereocenters. The molecule has 0 heterocycles. The van der Waals surface area contributed by atoms with E-state index in [9.17, 15) is 4.79 Å². The summed E-state index contributed by atoms with van der Waals surface area (Å²) in [7, 11) is 1.85. The minimum atomic E-state index is -0.0349. The van der Waals surface area contributed by atoms with Crippen LogP contribution in [0.3, 0.4) is 0 Å². The van der Waals surface area contributed by atoms with Crippen LogP contribution in [0.15, 0.2) is 30.3 Å². The molecule has 0 aliphatic rings. The van der Waals surface area contributed by atoms with E-state index < -0.39 is 0 Å². The molecule has 2 nitrogen and oxygen atoms in total. The SMILES string of the molecule is CCCCC(NC)C(=O)c1ccccc1. The van der Waals surface area contributed by atoms with Crippen molar-refractivity contribution in [2.75, 3.05) is 7.05 Å². The molecule has 0 bridgehead atoms. The number of carbonyl (C=O) groups is 1. The summed E-state index contributed by atoms with van der Waals surface area (Å²) < 4.78 is 0. The summed E-state index contributed by atoms with van der Waals surface area (Å²) in [6.07, 6.45) is 3.13. The summed E-state index contributed by atoms with van der Waals surface area (Å²) in [6, 6.07) is 9.45. The second kappa shape index (κ2) is 6.36. The van der Waals surface area contributed by atoms with E-state index in [0.717, 1.165) is 24.8 Å². The second-order valence-electron chi connectivity index (χ2n) is 3.71. The van der Waals surface area contributed by atoms with Gasteiger partial charge < -0.3 is 5.32 Å². The molecule has 1 rings (SSSR count). The molecule has 0 saturated carbocycles. The molecular formula is C13H19NO. The van der Waals surface area contributed by atoms with Crippen molar-refractivity contribution in [1.82, 2.24) is 5.32 Å². The Morgan fingerprint density at radius 1 is 1.33 bits per heavy atom. The van der Waals surface area contributed by atoms with Crippen molar-refractivity contribution in [2.45, 2.75) is 32.2 Å². The fourth-order valence-electron chi connectivity index (χ4n) is 1.62. The normalized spacial score (nSPS) is 12.4. The third kappa shape index (κ3) is 3.48. The molecule has 0 aliphatic heterocycles. The van der Waals surface area contributed by atoms with Gasteiger partial charge in [0.1, 0.15) is 0 Å². The lowest BCUT2D eigenvalue weighted by molar-refractivity contribution is 0.0941. The lowest BCUT2D eigenvalue weighted by Gasteiger charge is -2.14. The monoisotopic (exact) mass is 205 g/mol. The van der Waals surface area contributed by atoms with E-state index in [2.05, 4.69) is 12.2 Å². The van der Waals surface area contributed by atoms with Gasteiger partial charge in [0.05, 0.1) is 6.04 Å². The summed E-state index contributed by atoms with van der Waals surface area (Å²) in [5, 5.41) is 3.09. The van der Waals surface area contributed by atoms with Crippen LogP contribution in [0.2, 0.25) is 0 Å². The third-order valence-corrected chi connectivity index (χ3v) is 2.57. The van der Waals surface area contributed by atoms with Crippen LogP contribution in [-0.2, 0) is 0 Å². The Bertz CT molecular complexity index is 295. The quantitative estimate of drug-likeness (QED) is 0.723. The van der Waals surface area contributed by atoms with Crippen LogP contribution in [0.5, 0.6) is 0 Å². The maximum Gasteiger partial charge on any atom is 0.179 e. The maximum atomic E-state index is 12.0. The third-order valence-electron chi connectivity index (χ3n) is 2.57. The van der Waals surface area contributed by atoms with Gasteiger partial charge >= 0.3 is 0 Å². The highest BCUT2D eigenvalue weighted by Crippen LogP contribution is 2.08. The number of likely N-dealkylation sites (N-methyl/N-ethyl adjacent to an activating group) is 1. The predicted octanol–water partition coefficient (Wildman–Crippen LogP) is 2.65. The Hall–Kier alpha value is -1.15. The van der Waals surface area contributed by atoms with Gasteiger partial charge in [0.15, 0.2) is 5.78 Å². The Morgan fingerprint density at radius 2 is 2.00 bits per heavy atom. The molecule has 0 spiro atoms. The molecule has 0 aliphatic carbocycles. The molecule has 1 unspecified atom stereocenters. The van der Waals surface area contributed by atoms with Crippen molar-refractivity contribution in [2.24, 2.45) is 0 Å². The van der Waals surface area contributed by atoms with Crippen LogP contribution in [0, 0.1) is 0 Å². The smallest absolute Gasteiger partial charge is 0.179 e. The molecule has 0 radical (unpaired) electrons. The average Bonchev–Trinajstić information content (AvgIpc) is 2.31. The zero-order valence-electron chi connectivity index (χ0n) is 9.49. The topological polar surface area (TPSA) is 29.1 Å². The highest BCUT2D eigenvalue weighted by atomic mass is 16.1. The van der Waals surface area contributed by atoms with E-state index in [1.54, 1.807) is 0 Å². The Kier molecular flexibility index (Phi) is 5.05. The van der Waals surface area contributed by atoms with Gasteiger partial charge in [-0.05, 0) is 13.5 Å². The number of hydrogen-bond donors (Lipinski definition) is 1. The van der Waals surface area contributed by atoms with Gasteiger partial charge in [0.2, 0.25) is 0 Å². The number of carbonyl (C=O) groups excluding carboxylic acids is 1. The van der Waals surface area contributed by atoms with Gasteiger partial charge in [-0.3, -0.25) is 4.79 Å². The molecule has 0 amide bonds. The molecule has 0 aromatic heterocycles. The number of hydrogen-bond acceptors (Lipinski definition) is 2. The molecular weight excluding hydrogens is 186 g/mol. The van der Waals surface area contributed by atoms with E-state index in [0.29, 0.717) is 0 Å². The van der Waals surface area contributed by atoms with Crippen molar-refractivity contribution >= 4 is 5.78 Å². The number of nitrogens with one attached hydrogen (secondary N) is 1. The van der Waals surface area contributed by atoms with Crippen molar-refractivity contribution in [3.8, 4) is 0 Å². The van der Waals surface area contributed by atoms with Crippen molar-refractivity contribution in [1.29, 1.82) is 0 Å². The number of rotatable bonds is 6. The fourth-order valence-corrected chi connectivity index (χ4v) is 1.62. The van der Waals surface area contributed by atoms with Crippen LogP contribution in [0.1, 0.15) is 36.5 Å². The van der Waals surface area contributed by atoms with E-state index in [4.69, 9.17) is 0 Å². The molecule has 1 N–H and O–H groups in total. The van der Waals surface area contributed by atoms with Crippen LogP contribution in [0.4, 0.5) is 0 Å². The van der Waals surface area contributed by atoms with Crippen LogP contribution >= 0.6 is 0 Å². The van der Waals surface area contributed by atoms with E-state index in [1.165, 1.54) is 0 Å². The molecule has 1 aromatic rings. The van der Waals surface area contributed by atoms with E-state index in [1.807, 2.05) is 37.4 Å². The lowest BCUT2D eigenvalue weighted by atomic mass is 10.00. The molecule has 1 aromatic carbocycles. The van der Waals surface area contributed by atoms with Crippen LogP contribution in [-0.4, -0.2) is 18.9 Å². The Labute approximate surface area is 91.7 Å². The van der Waals surface area contributed by atoms with Crippen molar-refractivity contribution in [3.05, 3.63) is 35.9 Å². The van der Waals surface area contributed by atoms with Gasteiger partial charge in [-0.15, -0.1) is 0 Å². The average molecular weight is 205 g/mol. The summed E-state index contributed by atoms with van der Waals surface area (Å²) in [5.74, 6) is 0.201. The molecule has 2 heteroatoms. The van der Waals surface area contributed by atoms with Gasteiger partial charge in [-0.2, -0.15) is 0 Å². The van der Waals surface area contributed by atoms with Crippen molar-refractivity contribution in [3.63, 3.8) is 0 Å². The lowest BCUT2D eigenvalue weighted by Crippen LogP contribution is -2.33. The highest BCUT2D eigenvalue weighted by molar-refractivity contribution is 6.00. The first kappa shape index (κ1) is 11.9. The summed E-state index contributed by atoms with van der Waals surface area (Å²) in [5.41, 5.74) is 0.799. The van der Waals surface area contributed by atoms with Crippen LogP contribution in [0.25, 0.3) is 0 Å². The number of Topliss-reactive ketones (excluding diaryl/α,β-unsaturated/α-hetero) is 1. The standard InChI is InChI=1S/C13H19NO/c1-3-4-10-12(14-2)13(15)11-8-6-5-7-9-11/h5-9,12,14H,3-4,10H2,1-2H3. The van der Waals surface area contributed by atoms with Gasteiger partial charge in [0, 0.05) is 5.56 Å². The largest absolute Gasteiger partial charge is 0.310 e. The summed E-state index contributed by atoms with van der Waals surface area (Å²) in [6.45, 7) is 2.14. The first-order valence-corrected chi connectivity index (χ1v) is 5.56. The first-order chi connectivity index (χ1) is 7.29. The minimum Gasteiger partial charge on any atom is -0.310 e. The Balaban J connectivity index is 2.65. The zero-order chi connectivity index (χ0) is 11.1. The highest BCUT2D eigenvalue weighted by Gasteiger charge is 2.16. The van der Waals surface area contributed by atoms with Crippen LogP contribution < -0.4 is 5.32 Å². The summed E-state index contributed by atoms with van der Waals surface area (Å²) in [4.78, 5) is 12.0. The van der Waals surface area contributed by atoms with Crippen molar-refractivity contribution < 1.29 is 4.79 Å². The zero-order valence-corrected chi connectivity index (χ0v) is 9.49. The molecule has 0 fully saturated rings. The molecule has 15 heavy (non-hydrogen) atoms. The van der Waals surface area contributed by atoms with E-state index in [-0.39, 0.29) is 11.8 Å². The first-order valence-electron chi connectivity index (χ1n) is 5.56. The van der Waals surface area contributed by atoms with Gasteiger partial charge in [-0.1, -0.05) is 50.1 Å². The molecule has 0 saturated heterocycles. The predicted molar refractivity (Wildman–Crippen MR) is 63.1 cm³/mol. The van der Waals surface area contributed by atoms with Gasteiger partial charge in [0.25, 0.3) is 0 Å². The fraction of sp³-hybridized carbons (Fsp3) is 0.462. The number of ketones is 1. The Morgan fingerprint density at radius 3 is 2.53 bits per heavy atom. The minimum absolute atomic E-state index is 0.0349. The van der Waals surface area contributed by atoms with Gasteiger partial charge in [-0.25, -0.2) is 0 Å². The molecule has 82 valence electrons. The second-order valence-corrected chi connectivity index (χ2v) is 3.71. The summed E-state index contributed by atoms with van der Waals surface area (Å²) >= 11 is 0. The van der Waals surface area contributed by atoms with E-state index >= 15 is 0 Å². The number of unbranched alkanes of at least 4 members (excludes halogenated alkanes) is 1. The maximum absolute atomic E-state index is 12.0. The number of benzene rings is 1.